The van der Waals surface area contributed by atoms with E-state index >= 15 is 0 Å². The van der Waals surface area contributed by atoms with Crippen molar-refractivity contribution in [2.24, 2.45) is 0 Å². The predicted molar refractivity (Wildman–Crippen MR) is 74.4 cm³/mol. The van der Waals surface area contributed by atoms with E-state index in [0.717, 1.165) is 0 Å². The average molecular weight is 300 g/mol. The van der Waals surface area contributed by atoms with Gasteiger partial charge in [-0.25, -0.2) is 17.5 Å². The molecule has 0 aliphatic carbocycles. The number of anilines is 1. The van der Waals surface area contributed by atoms with E-state index in [-0.39, 0.29) is 24.6 Å². The Labute approximate surface area is 117 Å². The zero-order chi connectivity index (χ0) is 14.8. The molecule has 1 aromatic carbocycles. The Bertz CT molecular complexity index is 603. The molecule has 1 amide bonds. The first-order chi connectivity index (χ1) is 9.41. The molecule has 1 fully saturated rings. The Balaban J connectivity index is 2.08. The van der Waals surface area contributed by atoms with Crippen LogP contribution in [0.15, 0.2) is 24.3 Å². The van der Waals surface area contributed by atoms with Crippen molar-refractivity contribution < 1.29 is 17.6 Å². The van der Waals surface area contributed by atoms with Crippen LogP contribution in [-0.2, 0) is 14.8 Å². The number of carbonyl (C=O) groups is 1. The highest BCUT2D eigenvalue weighted by atomic mass is 32.2. The van der Waals surface area contributed by atoms with E-state index in [0.29, 0.717) is 12.1 Å². The first-order valence-corrected chi connectivity index (χ1v) is 8.12. The standard InChI is InChI=1S/C13H17FN2O3S/c1-2-6-20(18,19)15-11-8-13(17)16(9-11)12-5-3-4-10(14)7-12/h3-5,7,11,15H,2,6,8-9H2,1H3/t11-/m0/s1. The number of halogens is 1. The fraction of sp³-hybridized carbons (Fsp3) is 0.462. The Hall–Kier alpha value is -1.47. The van der Waals surface area contributed by atoms with Crippen molar-refractivity contribution in [3.8, 4) is 0 Å². The fourth-order valence-corrected chi connectivity index (χ4v) is 3.58. The molecule has 1 aliphatic rings. The maximum Gasteiger partial charge on any atom is 0.228 e. The summed E-state index contributed by atoms with van der Waals surface area (Å²) in [5.41, 5.74) is 0.451. The third-order valence-electron chi connectivity index (χ3n) is 3.06. The summed E-state index contributed by atoms with van der Waals surface area (Å²) >= 11 is 0. The predicted octanol–water partition coefficient (Wildman–Crippen LogP) is 1.26. The summed E-state index contributed by atoms with van der Waals surface area (Å²) in [5.74, 6) is -0.595. The van der Waals surface area contributed by atoms with Crippen LogP contribution in [0.1, 0.15) is 19.8 Å². The normalized spacial score (nSPS) is 19.6. The number of sulfonamides is 1. The molecule has 0 saturated carbocycles. The van der Waals surface area contributed by atoms with E-state index in [1.54, 1.807) is 13.0 Å². The van der Waals surface area contributed by atoms with Crippen LogP contribution in [0.3, 0.4) is 0 Å². The number of hydrogen-bond acceptors (Lipinski definition) is 3. The quantitative estimate of drug-likeness (QED) is 0.890. The molecule has 0 unspecified atom stereocenters. The van der Waals surface area contributed by atoms with E-state index in [2.05, 4.69) is 4.72 Å². The summed E-state index contributed by atoms with van der Waals surface area (Å²) in [6, 6.07) is 5.25. The Morgan fingerprint density at radius 3 is 2.85 bits per heavy atom. The van der Waals surface area contributed by atoms with Gasteiger partial charge in [0.2, 0.25) is 15.9 Å². The molecule has 1 N–H and O–H groups in total. The van der Waals surface area contributed by atoms with Crippen molar-refractivity contribution in [3.63, 3.8) is 0 Å². The van der Waals surface area contributed by atoms with Crippen molar-refractivity contribution in [1.82, 2.24) is 4.72 Å². The molecule has 1 aliphatic heterocycles. The highest BCUT2D eigenvalue weighted by Crippen LogP contribution is 2.22. The summed E-state index contributed by atoms with van der Waals surface area (Å²) in [5, 5.41) is 0. The summed E-state index contributed by atoms with van der Waals surface area (Å²) in [7, 11) is -3.36. The monoisotopic (exact) mass is 300 g/mol. The number of amides is 1. The first kappa shape index (κ1) is 14.9. The van der Waals surface area contributed by atoms with Crippen molar-refractivity contribution in [1.29, 1.82) is 0 Å². The van der Waals surface area contributed by atoms with Gasteiger partial charge in [-0.1, -0.05) is 13.0 Å². The van der Waals surface area contributed by atoms with Crippen LogP contribution >= 0.6 is 0 Å². The molecule has 1 aromatic rings. The number of nitrogens with one attached hydrogen (secondary N) is 1. The van der Waals surface area contributed by atoms with Crippen molar-refractivity contribution >= 4 is 21.6 Å². The minimum absolute atomic E-state index is 0.0393. The van der Waals surface area contributed by atoms with Crippen molar-refractivity contribution in [2.75, 3.05) is 17.2 Å². The zero-order valence-electron chi connectivity index (χ0n) is 11.2. The van der Waals surface area contributed by atoms with E-state index in [4.69, 9.17) is 0 Å². The molecule has 1 saturated heterocycles. The first-order valence-electron chi connectivity index (χ1n) is 6.47. The summed E-state index contributed by atoms with van der Waals surface area (Å²) < 4.78 is 39.1. The highest BCUT2D eigenvalue weighted by molar-refractivity contribution is 7.89. The summed E-state index contributed by atoms with van der Waals surface area (Å²) in [6.07, 6.45) is 0.614. The highest BCUT2D eigenvalue weighted by Gasteiger charge is 2.32. The van der Waals surface area contributed by atoms with Crippen LogP contribution in [-0.4, -0.2) is 32.7 Å². The average Bonchev–Trinajstić information content (AvgIpc) is 2.69. The Morgan fingerprint density at radius 1 is 1.45 bits per heavy atom. The van der Waals surface area contributed by atoms with Crippen LogP contribution in [0.5, 0.6) is 0 Å². The van der Waals surface area contributed by atoms with Gasteiger partial charge in [-0.05, 0) is 24.6 Å². The van der Waals surface area contributed by atoms with Crippen LogP contribution in [0.25, 0.3) is 0 Å². The molecule has 1 heterocycles. The van der Waals surface area contributed by atoms with Crippen LogP contribution < -0.4 is 9.62 Å². The second-order valence-corrected chi connectivity index (χ2v) is 6.70. The number of rotatable bonds is 5. The van der Waals surface area contributed by atoms with Gasteiger partial charge < -0.3 is 4.90 Å². The maximum atomic E-state index is 13.2. The van der Waals surface area contributed by atoms with Gasteiger partial charge in [0.15, 0.2) is 0 Å². The molecule has 110 valence electrons. The van der Waals surface area contributed by atoms with Gasteiger partial charge in [-0.3, -0.25) is 4.79 Å². The zero-order valence-corrected chi connectivity index (χ0v) is 12.0. The molecule has 1 atom stereocenters. The second-order valence-electron chi connectivity index (χ2n) is 4.82. The van der Waals surface area contributed by atoms with Gasteiger partial charge in [0.25, 0.3) is 0 Å². The Kier molecular flexibility index (Phi) is 4.39. The van der Waals surface area contributed by atoms with E-state index < -0.39 is 21.9 Å². The molecule has 0 aromatic heterocycles. The second kappa shape index (κ2) is 5.88. The smallest absolute Gasteiger partial charge is 0.228 e. The molecule has 0 radical (unpaired) electrons. The molecular weight excluding hydrogens is 283 g/mol. The van der Waals surface area contributed by atoms with Crippen molar-refractivity contribution in [2.45, 2.75) is 25.8 Å². The topological polar surface area (TPSA) is 66.5 Å². The SMILES string of the molecule is CCCS(=O)(=O)N[C@H]1CC(=O)N(c2cccc(F)c2)C1. The van der Waals surface area contributed by atoms with Gasteiger partial charge >= 0.3 is 0 Å². The lowest BCUT2D eigenvalue weighted by molar-refractivity contribution is -0.117. The molecule has 0 bridgehead atoms. The van der Waals surface area contributed by atoms with Crippen LogP contribution in [0.2, 0.25) is 0 Å². The minimum Gasteiger partial charge on any atom is -0.311 e. The third-order valence-corrected chi connectivity index (χ3v) is 4.70. The lowest BCUT2D eigenvalue weighted by Gasteiger charge is -2.17. The third kappa shape index (κ3) is 3.55. The lowest BCUT2D eigenvalue weighted by atomic mass is 10.3. The van der Waals surface area contributed by atoms with Crippen LogP contribution in [0.4, 0.5) is 10.1 Å². The summed E-state index contributed by atoms with van der Waals surface area (Å²) in [4.78, 5) is 13.3. The van der Waals surface area contributed by atoms with Gasteiger partial charge in [0.05, 0.1) is 5.75 Å². The maximum absolute atomic E-state index is 13.2. The molecular formula is C13H17FN2O3S. The minimum atomic E-state index is -3.36. The fourth-order valence-electron chi connectivity index (χ4n) is 2.26. The van der Waals surface area contributed by atoms with E-state index in [9.17, 15) is 17.6 Å². The number of carbonyl (C=O) groups excluding carboxylic acids is 1. The number of nitrogens with zero attached hydrogens (tertiary/aromatic N) is 1. The largest absolute Gasteiger partial charge is 0.311 e. The van der Waals surface area contributed by atoms with Gasteiger partial charge in [0.1, 0.15) is 5.82 Å². The number of benzene rings is 1. The molecule has 5 nitrogen and oxygen atoms in total. The van der Waals surface area contributed by atoms with Gasteiger partial charge in [-0.15, -0.1) is 0 Å². The molecule has 2 rings (SSSR count). The molecule has 7 heteroatoms. The number of hydrogen-bond donors (Lipinski definition) is 1. The van der Waals surface area contributed by atoms with E-state index in [1.807, 2.05) is 0 Å². The van der Waals surface area contributed by atoms with E-state index in [1.165, 1.54) is 23.1 Å². The van der Waals surface area contributed by atoms with Gasteiger partial charge in [-0.2, -0.15) is 0 Å². The van der Waals surface area contributed by atoms with Gasteiger partial charge in [0, 0.05) is 24.7 Å². The lowest BCUT2D eigenvalue weighted by Crippen LogP contribution is -2.38. The summed E-state index contributed by atoms with van der Waals surface area (Å²) in [6.45, 7) is 2.00. The van der Waals surface area contributed by atoms with Crippen LogP contribution in [0, 0.1) is 5.82 Å². The molecule has 20 heavy (non-hydrogen) atoms. The molecule has 0 spiro atoms. The Morgan fingerprint density at radius 2 is 2.20 bits per heavy atom. The van der Waals surface area contributed by atoms with Crippen molar-refractivity contribution in [3.05, 3.63) is 30.1 Å².